The number of rotatable bonds is 4. The van der Waals surface area contributed by atoms with Crippen molar-refractivity contribution in [3.8, 4) is 5.69 Å². The fraction of sp³-hybridized carbons (Fsp3) is 0.304. The molecule has 1 aliphatic rings. The normalized spacial score (nSPS) is 14.6. The van der Waals surface area contributed by atoms with Gasteiger partial charge in [0.1, 0.15) is 0 Å². The van der Waals surface area contributed by atoms with Crippen LogP contribution in [0.5, 0.6) is 0 Å². The molecule has 0 radical (unpaired) electrons. The number of thiazole rings is 1. The molecule has 0 spiro atoms. The van der Waals surface area contributed by atoms with Gasteiger partial charge in [-0.25, -0.2) is 9.99 Å². The number of hydrogen-bond donors (Lipinski definition) is 0. The smallest absolute Gasteiger partial charge is 0.270 e. The average molecular weight is 433 g/mol. The van der Waals surface area contributed by atoms with Gasteiger partial charge in [-0.15, -0.1) is 11.3 Å². The lowest BCUT2D eigenvalue weighted by molar-refractivity contribution is 0.0170. The first-order chi connectivity index (χ1) is 15.0. The number of carbonyl (C=O) groups is 1. The Balaban J connectivity index is 1.44. The zero-order valence-corrected chi connectivity index (χ0v) is 18.7. The van der Waals surface area contributed by atoms with E-state index in [1.165, 1.54) is 10.3 Å². The Morgan fingerprint density at radius 3 is 2.77 bits per heavy atom. The molecule has 31 heavy (non-hydrogen) atoms. The predicted molar refractivity (Wildman–Crippen MR) is 121 cm³/mol. The van der Waals surface area contributed by atoms with Crippen molar-refractivity contribution < 1.29 is 4.79 Å². The van der Waals surface area contributed by atoms with Crippen molar-refractivity contribution in [3.05, 3.63) is 70.0 Å². The van der Waals surface area contributed by atoms with Crippen LogP contribution in [0.3, 0.4) is 0 Å². The number of hydrazine groups is 1. The fourth-order valence-corrected chi connectivity index (χ4v) is 4.93. The molecule has 0 N–H and O–H groups in total. The molecule has 0 saturated carbocycles. The van der Waals surface area contributed by atoms with Gasteiger partial charge in [0.15, 0.2) is 0 Å². The predicted octanol–water partition coefficient (Wildman–Crippen LogP) is 4.07. The van der Waals surface area contributed by atoms with Crippen LogP contribution in [0.2, 0.25) is 0 Å². The van der Waals surface area contributed by atoms with E-state index in [-0.39, 0.29) is 5.91 Å². The van der Waals surface area contributed by atoms with Crippen molar-refractivity contribution in [1.29, 1.82) is 0 Å². The van der Waals surface area contributed by atoms with Crippen LogP contribution in [0, 0.1) is 20.8 Å². The Morgan fingerprint density at radius 1 is 1.10 bits per heavy atom. The van der Waals surface area contributed by atoms with Gasteiger partial charge in [0, 0.05) is 19.6 Å². The van der Waals surface area contributed by atoms with Crippen LogP contribution < -0.4 is 0 Å². The van der Waals surface area contributed by atoms with E-state index >= 15 is 0 Å². The second-order valence-electron chi connectivity index (χ2n) is 8.00. The monoisotopic (exact) mass is 432 g/mol. The molecule has 4 aromatic rings. The molecule has 2 aromatic heterocycles. The van der Waals surface area contributed by atoms with E-state index in [0.717, 1.165) is 34.7 Å². The molecule has 158 valence electrons. The van der Waals surface area contributed by atoms with E-state index in [1.54, 1.807) is 22.3 Å². The summed E-state index contributed by atoms with van der Waals surface area (Å²) in [5.74, 6) is -0.0131. The summed E-state index contributed by atoms with van der Waals surface area (Å²) in [6.07, 6.45) is 2.65. The van der Waals surface area contributed by atoms with Crippen molar-refractivity contribution in [1.82, 2.24) is 30.0 Å². The minimum absolute atomic E-state index is 0.0131. The van der Waals surface area contributed by atoms with Gasteiger partial charge in [0.2, 0.25) is 0 Å². The van der Waals surface area contributed by atoms with E-state index in [9.17, 15) is 4.79 Å². The van der Waals surface area contributed by atoms with Crippen LogP contribution in [-0.4, -0.2) is 49.0 Å². The Kier molecular flexibility index (Phi) is 5.03. The zero-order valence-electron chi connectivity index (χ0n) is 17.9. The van der Waals surface area contributed by atoms with Gasteiger partial charge in [-0.1, -0.05) is 17.7 Å². The van der Waals surface area contributed by atoms with Crippen molar-refractivity contribution >= 4 is 27.5 Å². The second kappa shape index (κ2) is 7.86. The number of amides is 1. The Labute approximate surface area is 184 Å². The number of carbonyl (C=O) groups excluding carboxylic acids is 1. The molecular weight excluding hydrogens is 408 g/mol. The van der Waals surface area contributed by atoms with Crippen LogP contribution in [-0.2, 0) is 6.54 Å². The summed E-state index contributed by atoms with van der Waals surface area (Å²) in [7, 11) is 0. The topological polar surface area (TPSA) is 67.2 Å². The Bertz CT molecular complexity index is 1280. The molecule has 3 heterocycles. The van der Waals surface area contributed by atoms with Crippen molar-refractivity contribution in [2.24, 2.45) is 0 Å². The van der Waals surface area contributed by atoms with Gasteiger partial charge in [-0.2, -0.15) is 15.0 Å². The van der Waals surface area contributed by atoms with Crippen LogP contribution in [0.15, 0.2) is 42.6 Å². The van der Waals surface area contributed by atoms with E-state index in [4.69, 9.17) is 0 Å². The molecule has 1 fully saturated rings. The highest BCUT2D eigenvalue weighted by Gasteiger charge is 2.29. The minimum atomic E-state index is -0.0131. The van der Waals surface area contributed by atoms with Crippen LogP contribution in [0.25, 0.3) is 15.9 Å². The maximum absolute atomic E-state index is 13.6. The number of aryl methyl sites for hydroxylation is 3. The molecule has 7 nitrogen and oxygen atoms in total. The summed E-state index contributed by atoms with van der Waals surface area (Å²) in [6, 6.07) is 12.2. The molecule has 8 heteroatoms. The maximum Gasteiger partial charge on any atom is 0.270 e. The second-order valence-corrected chi connectivity index (χ2v) is 9.24. The highest BCUT2D eigenvalue weighted by Crippen LogP contribution is 2.26. The fourth-order valence-electron chi connectivity index (χ4n) is 4.04. The Hall–Kier alpha value is -3.10. The average Bonchev–Trinajstić information content (AvgIpc) is 3.46. The van der Waals surface area contributed by atoms with Gasteiger partial charge < -0.3 is 0 Å². The summed E-state index contributed by atoms with van der Waals surface area (Å²) in [6.45, 7) is 8.17. The summed E-state index contributed by atoms with van der Waals surface area (Å²) in [5.41, 5.74) is 5.40. The molecule has 0 atom stereocenters. The van der Waals surface area contributed by atoms with Crippen molar-refractivity contribution in [2.75, 3.05) is 13.1 Å². The minimum Gasteiger partial charge on any atom is -0.271 e. The first-order valence-electron chi connectivity index (χ1n) is 10.4. The molecule has 1 aliphatic heterocycles. The SMILES string of the molecule is Cc1ccc(-n2ncc(C)n2)c(C(=O)N2CCCN2Cc2ccc3nc(C)sc3c2)c1. The highest BCUT2D eigenvalue weighted by atomic mass is 32.1. The summed E-state index contributed by atoms with van der Waals surface area (Å²) < 4.78 is 1.19. The van der Waals surface area contributed by atoms with Crippen molar-refractivity contribution in [3.63, 3.8) is 0 Å². The first kappa shape index (κ1) is 19.8. The standard InChI is InChI=1S/C23H24N6OS/c1-15-5-8-21(29-24-13-16(2)26-29)19(11-15)23(30)28-10-4-9-27(28)14-18-6-7-20-22(12-18)31-17(3)25-20/h5-8,11-13H,4,9-10,14H2,1-3H3. The number of aromatic nitrogens is 4. The van der Waals surface area contributed by atoms with E-state index in [0.29, 0.717) is 24.3 Å². The van der Waals surface area contributed by atoms with Gasteiger partial charge >= 0.3 is 0 Å². The number of fused-ring (bicyclic) bond motifs is 1. The van der Waals surface area contributed by atoms with E-state index in [2.05, 4.69) is 38.4 Å². The third-order valence-corrected chi connectivity index (χ3v) is 6.42. The maximum atomic E-state index is 13.6. The van der Waals surface area contributed by atoms with Gasteiger partial charge in [-0.05, 0) is 57.0 Å². The molecule has 0 bridgehead atoms. The molecule has 0 aliphatic carbocycles. The zero-order chi connectivity index (χ0) is 21.5. The number of benzene rings is 2. The summed E-state index contributed by atoms with van der Waals surface area (Å²) >= 11 is 1.70. The molecule has 2 aromatic carbocycles. The third-order valence-electron chi connectivity index (χ3n) is 5.49. The lowest BCUT2D eigenvalue weighted by Gasteiger charge is -2.28. The molecule has 0 unspecified atom stereocenters. The lowest BCUT2D eigenvalue weighted by Crippen LogP contribution is -2.41. The van der Waals surface area contributed by atoms with Gasteiger partial charge in [0.05, 0.1) is 38.4 Å². The van der Waals surface area contributed by atoms with E-state index < -0.39 is 0 Å². The molecule has 5 rings (SSSR count). The Morgan fingerprint density at radius 2 is 1.97 bits per heavy atom. The van der Waals surface area contributed by atoms with Crippen molar-refractivity contribution in [2.45, 2.75) is 33.7 Å². The summed E-state index contributed by atoms with van der Waals surface area (Å²) in [5, 5.41) is 13.8. The van der Waals surface area contributed by atoms with Crippen LogP contribution in [0.1, 0.15) is 38.6 Å². The molecule has 1 saturated heterocycles. The van der Waals surface area contributed by atoms with E-state index in [1.807, 2.05) is 44.0 Å². The van der Waals surface area contributed by atoms with Gasteiger partial charge in [-0.3, -0.25) is 9.80 Å². The third kappa shape index (κ3) is 3.84. The van der Waals surface area contributed by atoms with Gasteiger partial charge in [0.25, 0.3) is 5.91 Å². The lowest BCUT2D eigenvalue weighted by atomic mass is 10.1. The largest absolute Gasteiger partial charge is 0.271 e. The summed E-state index contributed by atoms with van der Waals surface area (Å²) in [4.78, 5) is 19.7. The highest BCUT2D eigenvalue weighted by molar-refractivity contribution is 7.18. The number of hydrogen-bond acceptors (Lipinski definition) is 6. The van der Waals surface area contributed by atoms with Crippen LogP contribution >= 0.6 is 11.3 Å². The number of nitrogens with zero attached hydrogens (tertiary/aromatic N) is 6. The molecule has 1 amide bonds. The van der Waals surface area contributed by atoms with Crippen LogP contribution in [0.4, 0.5) is 0 Å². The quantitative estimate of drug-likeness (QED) is 0.486. The molecular formula is C23H24N6OS. The first-order valence-corrected chi connectivity index (χ1v) is 11.2.